The summed E-state index contributed by atoms with van der Waals surface area (Å²) < 4.78 is 0. The quantitative estimate of drug-likeness (QED) is 0.742. The molecule has 0 atom stereocenters. The van der Waals surface area contributed by atoms with Crippen molar-refractivity contribution in [2.45, 2.75) is 33.1 Å². The molecule has 0 aliphatic carbocycles. The Morgan fingerprint density at radius 3 is 2.44 bits per heavy atom. The number of carbonyl (C=O) groups is 2. The molecule has 0 unspecified atom stereocenters. The molecular weight excluding hydrogens is 232 g/mol. The van der Waals surface area contributed by atoms with Gasteiger partial charge in [0.1, 0.15) is 6.54 Å². The Morgan fingerprint density at radius 1 is 1.33 bits per heavy atom. The molecular formula is C13H24N2O3. The van der Waals surface area contributed by atoms with Gasteiger partial charge in [-0.15, -0.1) is 0 Å². The number of carboxylic acids is 1. The highest BCUT2D eigenvalue weighted by Gasteiger charge is 2.22. The predicted molar refractivity (Wildman–Crippen MR) is 69.3 cm³/mol. The first-order valence-electron chi connectivity index (χ1n) is 6.69. The second-order valence-corrected chi connectivity index (χ2v) is 5.46. The van der Waals surface area contributed by atoms with Gasteiger partial charge in [0, 0.05) is 13.0 Å². The molecule has 5 nitrogen and oxygen atoms in total. The number of carbonyl (C=O) groups excluding carboxylic acids is 1. The highest BCUT2D eigenvalue weighted by atomic mass is 16.4. The van der Waals surface area contributed by atoms with Crippen LogP contribution in [0.1, 0.15) is 33.1 Å². The van der Waals surface area contributed by atoms with Gasteiger partial charge in [-0.2, -0.15) is 0 Å². The lowest BCUT2D eigenvalue weighted by molar-refractivity contribution is -0.145. The highest BCUT2D eigenvalue weighted by Crippen LogP contribution is 2.17. The average Bonchev–Trinajstić information content (AvgIpc) is 2.28. The van der Waals surface area contributed by atoms with Crippen LogP contribution in [0.5, 0.6) is 0 Å². The van der Waals surface area contributed by atoms with Gasteiger partial charge in [0.15, 0.2) is 0 Å². The van der Waals surface area contributed by atoms with Crippen molar-refractivity contribution in [1.29, 1.82) is 0 Å². The topological polar surface area (TPSA) is 69.6 Å². The Hall–Kier alpha value is -1.10. The van der Waals surface area contributed by atoms with E-state index in [1.165, 1.54) is 4.90 Å². The lowest BCUT2D eigenvalue weighted by Gasteiger charge is -2.27. The van der Waals surface area contributed by atoms with Crippen molar-refractivity contribution in [2.75, 3.05) is 26.2 Å². The zero-order chi connectivity index (χ0) is 13.5. The van der Waals surface area contributed by atoms with E-state index in [0.29, 0.717) is 24.8 Å². The van der Waals surface area contributed by atoms with Crippen molar-refractivity contribution in [3.8, 4) is 0 Å². The highest BCUT2D eigenvalue weighted by molar-refractivity contribution is 5.81. The van der Waals surface area contributed by atoms with Crippen LogP contribution in [-0.4, -0.2) is 48.1 Å². The summed E-state index contributed by atoms with van der Waals surface area (Å²) in [6.07, 6.45) is 2.50. The lowest BCUT2D eigenvalue weighted by Crippen LogP contribution is -2.40. The Bertz CT molecular complexity index is 286. The number of nitrogens with one attached hydrogen (secondary N) is 1. The molecule has 0 aromatic carbocycles. The number of rotatable bonds is 6. The number of carboxylic acid groups (broad SMARTS) is 1. The van der Waals surface area contributed by atoms with E-state index in [9.17, 15) is 9.59 Å². The summed E-state index contributed by atoms with van der Waals surface area (Å²) in [5, 5.41) is 12.1. The van der Waals surface area contributed by atoms with Gasteiger partial charge in [0.2, 0.25) is 5.91 Å². The number of aliphatic carboxylic acids is 1. The molecule has 0 aromatic rings. The van der Waals surface area contributed by atoms with Gasteiger partial charge in [-0.05, 0) is 37.8 Å². The largest absolute Gasteiger partial charge is 0.480 e. The third-order valence-electron chi connectivity index (χ3n) is 3.19. The molecule has 1 aliphatic heterocycles. The van der Waals surface area contributed by atoms with Gasteiger partial charge in [0.25, 0.3) is 0 Å². The Morgan fingerprint density at radius 2 is 1.94 bits per heavy atom. The summed E-state index contributed by atoms with van der Waals surface area (Å²) in [4.78, 5) is 24.4. The van der Waals surface area contributed by atoms with Crippen LogP contribution in [0.15, 0.2) is 0 Å². The summed E-state index contributed by atoms with van der Waals surface area (Å²) >= 11 is 0. The van der Waals surface area contributed by atoms with Crippen LogP contribution in [0.3, 0.4) is 0 Å². The average molecular weight is 256 g/mol. The molecule has 0 aromatic heterocycles. The minimum atomic E-state index is -0.936. The van der Waals surface area contributed by atoms with Crippen molar-refractivity contribution >= 4 is 11.9 Å². The standard InChI is InChI=1S/C13H24N2O3/c1-10(2)8-15(9-13(17)18)12(16)7-11-3-5-14-6-4-11/h10-11,14H,3-9H2,1-2H3,(H,17,18). The van der Waals surface area contributed by atoms with Crippen molar-refractivity contribution < 1.29 is 14.7 Å². The second-order valence-electron chi connectivity index (χ2n) is 5.46. The number of nitrogens with zero attached hydrogens (tertiary/aromatic N) is 1. The second kappa shape index (κ2) is 7.36. The van der Waals surface area contributed by atoms with Gasteiger partial charge in [0.05, 0.1) is 0 Å². The number of piperidine rings is 1. The van der Waals surface area contributed by atoms with Crippen LogP contribution in [0, 0.1) is 11.8 Å². The van der Waals surface area contributed by atoms with E-state index < -0.39 is 5.97 Å². The molecule has 1 saturated heterocycles. The summed E-state index contributed by atoms with van der Waals surface area (Å²) in [5.41, 5.74) is 0. The molecule has 0 radical (unpaired) electrons. The van der Waals surface area contributed by atoms with E-state index in [1.54, 1.807) is 0 Å². The van der Waals surface area contributed by atoms with E-state index in [-0.39, 0.29) is 12.5 Å². The smallest absolute Gasteiger partial charge is 0.323 e. The van der Waals surface area contributed by atoms with Crippen molar-refractivity contribution in [1.82, 2.24) is 10.2 Å². The molecule has 18 heavy (non-hydrogen) atoms. The van der Waals surface area contributed by atoms with E-state index in [2.05, 4.69) is 5.32 Å². The molecule has 1 aliphatic rings. The predicted octanol–water partition coefficient (Wildman–Crippen LogP) is 0.945. The number of hydrogen-bond donors (Lipinski definition) is 2. The van der Waals surface area contributed by atoms with Crippen LogP contribution in [0.2, 0.25) is 0 Å². The maximum absolute atomic E-state index is 12.1. The van der Waals surface area contributed by atoms with Crippen molar-refractivity contribution in [2.24, 2.45) is 11.8 Å². The maximum atomic E-state index is 12.1. The molecule has 104 valence electrons. The summed E-state index contributed by atoms with van der Waals surface area (Å²) in [7, 11) is 0. The Kier molecular flexibility index (Phi) is 6.12. The minimum absolute atomic E-state index is 0.0157. The first kappa shape index (κ1) is 15.0. The molecule has 2 N–H and O–H groups in total. The normalized spacial score (nSPS) is 16.8. The third kappa shape index (κ3) is 5.49. The van der Waals surface area contributed by atoms with E-state index in [0.717, 1.165) is 25.9 Å². The zero-order valence-corrected chi connectivity index (χ0v) is 11.3. The number of hydrogen-bond acceptors (Lipinski definition) is 3. The fraction of sp³-hybridized carbons (Fsp3) is 0.846. The number of amides is 1. The molecule has 1 amide bonds. The van der Waals surface area contributed by atoms with E-state index in [4.69, 9.17) is 5.11 Å². The molecule has 1 fully saturated rings. The van der Waals surface area contributed by atoms with E-state index >= 15 is 0 Å². The van der Waals surface area contributed by atoms with Crippen LogP contribution < -0.4 is 5.32 Å². The molecule has 0 spiro atoms. The Labute approximate surface area is 109 Å². The van der Waals surface area contributed by atoms with Gasteiger partial charge < -0.3 is 15.3 Å². The Balaban J connectivity index is 2.48. The molecule has 1 heterocycles. The van der Waals surface area contributed by atoms with E-state index in [1.807, 2.05) is 13.8 Å². The van der Waals surface area contributed by atoms with Crippen molar-refractivity contribution in [3.63, 3.8) is 0 Å². The fourth-order valence-corrected chi connectivity index (χ4v) is 2.32. The monoisotopic (exact) mass is 256 g/mol. The van der Waals surface area contributed by atoms with Gasteiger partial charge in [-0.25, -0.2) is 0 Å². The third-order valence-corrected chi connectivity index (χ3v) is 3.19. The minimum Gasteiger partial charge on any atom is -0.480 e. The molecule has 1 rings (SSSR count). The lowest BCUT2D eigenvalue weighted by atomic mass is 9.94. The van der Waals surface area contributed by atoms with Crippen LogP contribution in [-0.2, 0) is 9.59 Å². The molecule has 0 saturated carbocycles. The van der Waals surface area contributed by atoms with Crippen LogP contribution >= 0.6 is 0 Å². The maximum Gasteiger partial charge on any atom is 0.323 e. The fourth-order valence-electron chi connectivity index (χ4n) is 2.32. The van der Waals surface area contributed by atoms with Crippen LogP contribution in [0.25, 0.3) is 0 Å². The van der Waals surface area contributed by atoms with Gasteiger partial charge in [-0.3, -0.25) is 9.59 Å². The summed E-state index contributed by atoms with van der Waals surface area (Å²) in [6, 6.07) is 0. The van der Waals surface area contributed by atoms with Gasteiger partial charge >= 0.3 is 5.97 Å². The first-order chi connectivity index (χ1) is 8.49. The summed E-state index contributed by atoms with van der Waals surface area (Å²) in [5.74, 6) is -0.254. The first-order valence-corrected chi connectivity index (χ1v) is 6.69. The SMILES string of the molecule is CC(C)CN(CC(=O)O)C(=O)CC1CCNCC1. The van der Waals surface area contributed by atoms with Crippen LogP contribution in [0.4, 0.5) is 0 Å². The van der Waals surface area contributed by atoms with Crippen molar-refractivity contribution in [3.05, 3.63) is 0 Å². The molecule has 5 heteroatoms. The van der Waals surface area contributed by atoms with Gasteiger partial charge in [-0.1, -0.05) is 13.8 Å². The zero-order valence-electron chi connectivity index (χ0n) is 11.3. The summed E-state index contributed by atoms with van der Waals surface area (Å²) in [6.45, 7) is 6.25. The molecule has 0 bridgehead atoms.